The van der Waals surface area contributed by atoms with Crippen molar-refractivity contribution in [1.82, 2.24) is 4.90 Å². The average molecular weight is 379 g/mol. The van der Waals surface area contributed by atoms with E-state index in [1.165, 1.54) is 4.90 Å². The lowest BCUT2D eigenvalue weighted by molar-refractivity contribution is -0.142. The number of carboxylic acids is 1. The molecule has 0 aliphatic carbocycles. The predicted molar refractivity (Wildman–Crippen MR) is 99.4 cm³/mol. The first-order valence-electron chi connectivity index (χ1n) is 9.22. The average Bonchev–Trinajstić information content (AvgIpc) is 3.02. The molecule has 1 heterocycles. The molecule has 7 heteroatoms. The Morgan fingerprint density at radius 2 is 1.89 bits per heavy atom. The topological polar surface area (TPSA) is 85.3 Å². The van der Waals surface area contributed by atoms with Crippen molar-refractivity contribution in [2.75, 3.05) is 19.8 Å². The molecule has 2 rings (SSSR count). The molecular weight excluding hydrogens is 350 g/mol. The molecule has 1 saturated heterocycles. The number of aliphatic carboxylic acids is 1. The van der Waals surface area contributed by atoms with Gasteiger partial charge in [0.1, 0.15) is 11.6 Å². The Bertz CT molecular complexity index is 613. The second kappa shape index (κ2) is 9.71. The van der Waals surface area contributed by atoms with Gasteiger partial charge < -0.3 is 19.3 Å². The summed E-state index contributed by atoms with van der Waals surface area (Å²) in [6, 6.07) is 9.00. The van der Waals surface area contributed by atoms with Crippen molar-refractivity contribution in [3.8, 4) is 0 Å². The highest BCUT2D eigenvalue weighted by Gasteiger charge is 2.42. The van der Waals surface area contributed by atoms with Crippen LogP contribution in [-0.4, -0.2) is 59.6 Å². The van der Waals surface area contributed by atoms with E-state index in [2.05, 4.69) is 0 Å². The Morgan fingerprint density at radius 3 is 2.52 bits per heavy atom. The quantitative estimate of drug-likeness (QED) is 0.699. The molecule has 0 saturated carbocycles. The number of hydrogen-bond acceptors (Lipinski definition) is 5. The van der Waals surface area contributed by atoms with Crippen LogP contribution >= 0.6 is 0 Å². The number of nitrogens with zero attached hydrogens (tertiary/aromatic N) is 1. The predicted octanol–water partition coefficient (Wildman–Crippen LogP) is 3.07. The number of carbonyl (C=O) groups excluding carboxylic acids is 1. The molecular formula is C20H29NO6. The van der Waals surface area contributed by atoms with Gasteiger partial charge in [0.25, 0.3) is 0 Å². The first kappa shape index (κ1) is 21.2. The summed E-state index contributed by atoms with van der Waals surface area (Å²) in [5, 5.41) is 9.37. The lowest BCUT2D eigenvalue weighted by atomic mass is 10.2. The van der Waals surface area contributed by atoms with Crippen LogP contribution in [0.2, 0.25) is 0 Å². The maximum absolute atomic E-state index is 12.2. The second-order valence-electron chi connectivity index (χ2n) is 7.61. The van der Waals surface area contributed by atoms with Crippen molar-refractivity contribution in [2.24, 2.45) is 0 Å². The van der Waals surface area contributed by atoms with Gasteiger partial charge in [-0.1, -0.05) is 30.3 Å². The molecule has 1 fully saturated rings. The minimum atomic E-state index is -1.04. The van der Waals surface area contributed by atoms with Gasteiger partial charge in [-0.2, -0.15) is 0 Å². The molecule has 1 amide bonds. The molecule has 0 aromatic heterocycles. The number of carboxylic acid groups (broad SMARTS) is 1. The molecule has 1 aromatic rings. The molecule has 1 aliphatic rings. The molecule has 2 unspecified atom stereocenters. The summed E-state index contributed by atoms with van der Waals surface area (Å²) >= 11 is 0. The van der Waals surface area contributed by atoms with E-state index < -0.39 is 23.7 Å². The van der Waals surface area contributed by atoms with Crippen LogP contribution in [0.15, 0.2) is 30.3 Å². The fourth-order valence-electron chi connectivity index (χ4n) is 2.85. The third kappa shape index (κ3) is 7.19. The van der Waals surface area contributed by atoms with Crippen LogP contribution in [-0.2, 0) is 25.6 Å². The number of carbonyl (C=O) groups is 2. The van der Waals surface area contributed by atoms with Gasteiger partial charge in [-0.15, -0.1) is 0 Å². The summed E-state index contributed by atoms with van der Waals surface area (Å²) < 4.78 is 16.7. The zero-order chi connectivity index (χ0) is 19.9. The Labute approximate surface area is 160 Å². The van der Waals surface area contributed by atoms with Gasteiger partial charge in [0.15, 0.2) is 0 Å². The zero-order valence-corrected chi connectivity index (χ0v) is 16.2. The standard InChI is InChI=1S/C20H29NO6/c1-20(2,3)27-19(24)21-13-16(12-17(21)18(22)23)26-11-7-10-25-14-15-8-5-4-6-9-15/h4-6,8-9,16-17H,7,10-14H2,1-3H3,(H,22,23). The van der Waals surface area contributed by atoms with E-state index in [1.54, 1.807) is 20.8 Å². The minimum absolute atomic E-state index is 0.219. The van der Waals surface area contributed by atoms with Gasteiger partial charge in [-0.25, -0.2) is 9.59 Å². The Hall–Kier alpha value is -2.12. The molecule has 0 radical (unpaired) electrons. The van der Waals surface area contributed by atoms with Crippen LogP contribution in [0.5, 0.6) is 0 Å². The van der Waals surface area contributed by atoms with Crippen LogP contribution in [0.25, 0.3) is 0 Å². The first-order chi connectivity index (χ1) is 12.8. The maximum atomic E-state index is 12.2. The van der Waals surface area contributed by atoms with Gasteiger partial charge in [-0.05, 0) is 32.8 Å². The Morgan fingerprint density at radius 1 is 1.19 bits per heavy atom. The number of hydrogen-bond donors (Lipinski definition) is 1. The van der Waals surface area contributed by atoms with E-state index in [4.69, 9.17) is 14.2 Å². The molecule has 27 heavy (non-hydrogen) atoms. The third-order valence-corrected chi connectivity index (χ3v) is 4.07. The van der Waals surface area contributed by atoms with Crippen LogP contribution in [0.4, 0.5) is 4.79 Å². The van der Waals surface area contributed by atoms with Crippen LogP contribution in [0.1, 0.15) is 39.2 Å². The third-order valence-electron chi connectivity index (χ3n) is 4.07. The van der Waals surface area contributed by atoms with E-state index in [9.17, 15) is 14.7 Å². The summed E-state index contributed by atoms with van der Waals surface area (Å²) in [6.07, 6.45) is 0.0346. The van der Waals surface area contributed by atoms with E-state index in [-0.39, 0.29) is 19.1 Å². The number of amides is 1. The largest absolute Gasteiger partial charge is 0.480 e. The lowest BCUT2D eigenvalue weighted by Crippen LogP contribution is -2.43. The van der Waals surface area contributed by atoms with Crippen molar-refractivity contribution >= 4 is 12.1 Å². The molecule has 1 aliphatic heterocycles. The van der Waals surface area contributed by atoms with Crippen molar-refractivity contribution in [2.45, 2.75) is 58.0 Å². The number of likely N-dealkylation sites (tertiary alicyclic amines) is 1. The van der Waals surface area contributed by atoms with Crippen molar-refractivity contribution in [3.63, 3.8) is 0 Å². The fraction of sp³-hybridized carbons (Fsp3) is 0.600. The molecule has 2 atom stereocenters. The van der Waals surface area contributed by atoms with E-state index in [1.807, 2.05) is 30.3 Å². The smallest absolute Gasteiger partial charge is 0.411 e. The summed E-state index contributed by atoms with van der Waals surface area (Å²) in [4.78, 5) is 24.9. The maximum Gasteiger partial charge on any atom is 0.411 e. The summed E-state index contributed by atoms with van der Waals surface area (Å²) in [7, 11) is 0. The van der Waals surface area contributed by atoms with Crippen LogP contribution < -0.4 is 0 Å². The van der Waals surface area contributed by atoms with Crippen molar-refractivity contribution < 1.29 is 28.9 Å². The molecule has 150 valence electrons. The summed E-state index contributed by atoms with van der Waals surface area (Å²) in [5.41, 5.74) is 0.446. The molecule has 7 nitrogen and oxygen atoms in total. The highest BCUT2D eigenvalue weighted by molar-refractivity contribution is 5.81. The molecule has 0 bridgehead atoms. The Kier molecular flexibility index (Phi) is 7.62. The Balaban J connectivity index is 1.70. The van der Waals surface area contributed by atoms with Crippen molar-refractivity contribution in [3.05, 3.63) is 35.9 Å². The van der Waals surface area contributed by atoms with E-state index in [0.717, 1.165) is 5.56 Å². The second-order valence-corrected chi connectivity index (χ2v) is 7.61. The fourth-order valence-corrected chi connectivity index (χ4v) is 2.85. The number of ether oxygens (including phenoxy) is 3. The van der Waals surface area contributed by atoms with Crippen LogP contribution in [0.3, 0.4) is 0 Å². The SMILES string of the molecule is CC(C)(C)OC(=O)N1CC(OCCCOCc2ccccc2)CC1C(=O)O. The summed E-state index contributed by atoms with van der Waals surface area (Å²) in [5.74, 6) is -1.04. The molecule has 0 spiro atoms. The van der Waals surface area contributed by atoms with Gasteiger partial charge in [-0.3, -0.25) is 4.90 Å². The zero-order valence-electron chi connectivity index (χ0n) is 16.2. The molecule has 1 aromatic carbocycles. The first-order valence-corrected chi connectivity index (χ1v) is 9.22. The van der Waals surface area contributed by atoms with Crippen LogP contribution in [0, 0.1) is 0 Å². The normalized spacial score (nSPS) is 19.9. The van der Waals surface area contributed by atoms with Gasteiger partial charge in [0.05, 0.1) is 19.3 Å². The number of rotatable bonds is 8. The van der Waals surface area contributed by atoms with Gasteiger partial charge in [0.2, 0.25) is 0 Å². The van der Waals surface area contributed by atoms with Crippen molar-refractivity contribution in [1.29, 1.82) is 0 Å². The van der Waals surface area contributed by atoms with E-state index >= 15 is 0 Å². The highest BCUT2D eigenvalue weighted by atomic mass is 16.6. The minimum Gasteiger partial charge on any atom is -0.480 e. The van der Waals surface area contributed by atoms with E-state index in [0.29, 0.717) is 26.2 Å². The van der Waals surface area contributed by atoms with Gasteiger partial charge >= 0.3 is 12.1 Å². The highest BCUT2D eigenvalue weighted by Crippen LogP contribution is 2.23. The number of benzene rings is 1. The molecule has 1 N–H and O–H groups in total. The van der Waals surface area contributed by atoms with Gasteiger partial charge in [0, 0.05) is 19.6 Å². The monoisotopic (exact) mass is 379 g/mol. The summed E-state index contributed by atoms with van der Waals surface area (Å²) in [6.45, 7) is 7.03. The lowest BCUT2D eigenvalue weighted by Gasteiger charge is -2.26.